The summed E-state index contributed by atoms with van der Waals surface area (Å²) in [4.78, 5) is 19.7. The van der Waals surface area contributed by atoms with Gasteiger partial charge in [-0.2, -0.15) is 0 Å². The van der Waals surface area contributed by atoms with Crippen molar-refractivity contribution >= 4 is 10.9 Å². The van der Waals surface area contributed by atoms with Crippen LogP contribution in [-0.4, -0.2) is 23.7 Å². The van der Waals surface area contributed by atoms with Crippen LogP contribution in [0.15, 0.2) is 47.3 Å². The van der Waals surface area contributed by atoms with E-state index in [9.17, 15) is 4.79 Å². The van der Waals surface area contributed by atoms with Crippen molar-refractivity contribution in [2.45, 2.75) is 12.8 Å². The number of nitrogens with one attached hydrogen (secondary N) is 1. The summed E-state index contributed by atoms with van der Waals surface area (Å²) in [5.74, 6) is 2.54. The molecule has 5 heteroatoms. The van der Waals surface area contributed by atoms with Crippen LogP contribution in [0.3, 0.4) is 0 Å². The van der Waals surface area contributed by atoms with E-state index >= 15 is 0 Å². The SMILES string of the molecule is COc1ccc(-c2nc3ccccc3c(=O)[nH]2)cc1OCC1CC1. The molecule has 122 valence electrons. The third-order valence-electron chi connectivity index (χ3n) is 4.22. The van der Waals surface area contributed by atoms with E-state index in [0.717, 1.165) is 5.56 Å². The molecule has 2 aromatic carbocycles. The van der Waals surface area contributed by atoms with E-state index in [1.807, 2.05) is 36.4 Å². The predicted octanol–water partition coefficient (Wildman–Crippen LogP) is 3.39. The molecule has 4 rings (SSSR count). The zero-order chi connectivity index (χ0) is 16.5. The summed E-state index contributed by atoms with van der Waals surface area (Å²) in [5, 5.41) is 0.583. The second kappa shape index (κ2) is 6.00. The maximum Gasteiger partial charge on any atom is 0.259 e. The van der Waals surface area contributed by atoms with Crippen LogP contribution in [0.4, 0.5) is 0 Å². The third-order valence-corrected chi connectivity index (χ3v) is 4.22. The second-order valence-corrected chi connectivity index (χ2v) is 6.05. The fourth-order valence-corrected chi connectivity index (χ4v) is 2.65. The number of H-pyrrole nitrogens is 1. The average molecular weight is 322 g/mol. The minimum absolute atomic E-state index is 0.146. The summed E-state index contributed by atoms with van der Waals surface area (Å²) in [7, 11) is 1.62. The van der Waals surface area contributed by atoms with Crippen LogP contribution in [0.5, 0.6) is 11.5 Å². The number of para-hydroxylation sites is 1. The quantitative estimate of drug-likeness (QED) is 0.782. The van der Waals surface area contributed by atoms with Crippen LogP contribution in [0.2, 0.25) is 0 Å². The van der Waals surface area contributed by atoms with Crippen LogP contribution in [-0.2, 0) is 0 Å². The molecule has 1 saturated carbocycles. The van der Waals surface area contributed by atoms with E-state index in [1.54, 1.807) is 13.2 Å². The molecule has 1 aromatic heterocycles. The van der Waals surface area contributed by atoms with Crippen molar-refractivity contribution in [3.05, 3.63) is 52.8 Å². The fraction of sp³-hybridized carbons (Fsp3) is 0.263. The lowest BCUT2D eigenvalue weighted by atomic mass is 10.1. The first kappa shape index (κ1) is 14.8. The van der Waals surface area contributed by atoms with Gasteiger partial charge in [-0.1, -0.05) is 12.1 Å². The van der Waals surface area contributed by atoms with Crippen molar-refractivity contribution in [2.75, 3.05) is 13.7 Å². The van der Waals surface area contributed by atoms with E-state index in [-0.39, 0.29) is 5.56 Å². The van der Waals surface area contributed by atoms with Crippen molar-refractivity contribution in [1.82, 2.24) is 9.97 Å². The molecule has 0 radical (unpaired) electrons. The maximum atomic E-state index is 12.3. The number of aromatic nitrogens is 2. The molecule has 5 nitrogen and oxygen atoms in total. The van der Waals surface area contributed by atoms with Crippen molar-refractivity contribution in [3.63, 3.8) is 0 Å². The molecule has 1 aliphatic rings. The Morgan fingerprint density at radius 3 is 2.79 bits per heavy atom. The second-order valence-electron chi connectivity index (χ2n) is 6.05. The lowest BCUT2D eigenvalue weighted by Crippen LogP contribution is -2.09. The molecule has 1 N–H and O–H groups in total. The first-order chi connectivity index (χ1) is 11.7. The number of nitrogens with zero attached hydrogens (tertiary/aromatic N) is 1. The van der Waals surface area contributed by atoms with Gasteiger partial charge in [0.1, 0.15) is 5.82 Å². The van der Waals surface area contributed by atoms with Crippen LogP contribution < -0.4 is 15.0 Å². The Hall–Kier alpha value is -2.82. The molecule has 0 atom stereocenters. The highest BCUT2D eigenvalue weighted by Crippen LogP contribution is 2.34. The van der Waals surface area contributed by atoms with Gasteiger partial charge in [0, 0.05) is 5.56 Å². The average Bonchev–Trinajstić information content (AvgIpc) is 3.44. The normalized spacial score (nSPS) is 13.9. The van der Waals surface area contributed by atoms with Gasteiger partial charge in [0.15, 0.2) is 11.5 Å². The standard InChI is InChI=1S/C19H18N2O3/c1-23-16-9-8-13(10-17(16)24-11-12-6-7-12)18-20-15-5-3-2-4-14(15)19(22)21-18/h2-5,8-10,12H,6-7,11H2,1H3,(H,20,21,22). The smallest absolute Gasteiger partial charge is 0.259 e. The van der Waals surface area contributed by atoms with E-state index in [4.69, 9.17) is 9.47 Å². The summed E-state index contributed by atoms with van der Waals surface area (Å²) < 4.78 is 11.3. The number of fused-ring (bicyclic) bond motifs is 1. The monoisotopic (exact) mass is 322 g/mol. The van der Waals surface area contributed by atoms with E-state index in [1.165, 1.54) is 12.8 Å². The van der Waals surface area contributed by atoms with Crippen molar-refractivity contribution in [1.29, 1.82) is 0 Å². The van der Waals surface area contributed by atoms with Gasteiger partial charge in [-0.05, 0) is 49.1 Å². The zero-order valence-electron chi connectivity index (χ0n) is 13.4. The van der Waals surface area contributed by atoms with Gasteiger partial charge < -0.3 is 14.5 Å². The molecule has 0 spiro atoms. The molecule has 1 aliphatic carbocycles. The third kappa shape index (κ3) is 2.85. The van der Waals surface area contributed by atoms with Gasteiger partial charge >= 0.3 is 0 Å². The van der Waals surface area contributed by atoms with E-state index in [2.05, 4.69) is 9.97 Å². The molecular formula is C19H18N2O3. The van der Waals surface area contributed by atoms with Crippen LogP contribution >= 0.6 is 0 Å². The lowest BCUT2D eigenvalue weighted by Gasteiger charge is -2.12. The summed E-state index contributed by atoms with van der Waals surface area (Å²) in [5.41, 5.74) is 1.32. The Labute approximate surface area is 139 Å². The number of hydrogen-bond acceptors (Lipinski definition) is 4. The van der Waals surface area contributed by atoms with Gasteiger partial charge in [0.25, 0.3) is 5.56 Å². The minimum atomic E-state index is -0.146. The molecular weight excluding hydrogens is 304 g/mol. The summed E-state index contributed by atoms with van der Waals surface area (Å²) in [6.45, 7) is 0.696. The van der Waals surface area contributed by atoms with E-state index < -0.39 is 0 Å². The Morgan fingerprint density at radius 2 is 2.00 bits per heavy atom. The van der Waals surface area contributed by atoms with Crippen molar-refractivity contribution in [3.8, 4) is 22.9 Å². The number of aromatic amines is 1. The Balaban J connectivity index is 1.75. The summed E-state index contributed by atoms with van der Waals surface area (Å²) in [6, 6.07) is 12.9. The van der Waals surface area contributed by atoms with Gasteiger partial charge in [0.05, 0.1) is 24.6 Å². The Bertz CT molecular complexity index is 945. The molecule has 24 heavy (non-hydrogen) atoms. The van der Waals surface area contributed by atoms with Gasteiger partial charge in [0.2, 0.25) is 0 Å². The molecule has 0 unspecified atom stereocenters. The lowest BCUT2D eigenvalue weighted by molar-refractivity contribution is 0.280. The van der Waals surface area contributed by atoms with Crippen molar-refractivity contribution < 1.29 is 9.47 Å². The predicted molar refractivity (Wildman–Crippen MR) is 92.6 cm³/mol. The highest BCUT2D eigenvalue weighted by molar-refractivity contribution is 5.79. The maximum absolute atomic E-state index is 12.3. The van der Waals surface area contributed by atoms with Gasteiger partial charge in [-0.3, -0.25) is 4.79 Å². The number of benzene rings is 2. The summed E-state index contributed by atoms with van der Waals surface area (Å²) >= 11 is 0. The Kier molecular flexibility index (Phi) is 3.69. The molecule has 1 heterocycles. The first-order valence-electron chi connectivity index (χ1n) is 8.05. The molecule has 0 bridgehead atoms. The van der Waals surface area contributed by atoms with Gasteiger partial charge in [-0.25, -0.2) is 4.98 Å². The zero-order valence-corrected chi connectivity index (χ0v) is 13.4. The number of methoxy groups -OCH3 is 1. The molecule has 0 amide bonds. The minimum Gasteiger partial charge on any atom is -0.493 e. The molecule has 0 saturated heterocycles. The molecule has 3 aromatic rings. The van der Waals surface area contributed by atoms with Crippen LogP contribution in [0.25, 0.3) is 22.3 Å². The fourth-order valence-electron chi connectivity index (χ4n) is 2.65. The first-order valence-corrected chi connectivity index (χ1v) is 8.05. The van der Waals surface area contributed by atoms with Crippen LogP contribution in [0, 0.1) is 5.92 Å². The molecule has 0 aliphatic heterocycles. The van der Waals surface area contributed by atoms with Crippen molar-refractivity contribution in [2.24, 2.45) is 5.92 Å². The van der Waals surface area contributed by atoms with Crippen LogP contribution in [0.1, 0.15) is 12.8 Å². The molecule has 1 fully saturated rings. The number of rotatable bonds is 5. The van der Waals surface area contributed by atoms with E-state index in [0.29, 0.717) is 40.8 Å². The highest BCUT2D eigenvalue weighted by Gasteiger charge is 2.22. The number of hydrogen-bond donors (Lipinski definition) is 1. The Morgan fingerprint density at radius 1 is 1.17 bits per heavy atom. The number of ether oxygens (including phenoxy) is 2. The summed E-state index contributed by atoms with van der Waals surface area (Å²) in [6.07, 6.45) is 2.45. The highest BCUT2D eigenvalue weighted by atomic mass is 16.5. The van der Waals surface area contributed by atoms with Gasteiger partial charge in [-0.15, -0.1) is 0 Å². The topological polar surface area (TPSA) is 64.2 Å². The largest absolute Gasteiger partial charge is 0.493 e.